The van der Waals surface area contributed by atoms with Gasteiger partial charge in [0.1, 0.15) is 18.2 Å². The van der Waals surface area contributed by atoms with Crippen molar-refractivity contribution >= 4 is 11.0 Å². The molecule has 3 aromatic rings. The van der Waals surface area contributed by atoms with Gasteiger partial charge >= 0.3 is 0 Å². The van der Waals surface area contributed by atoms with Crippen LogP contribution in [0.3, 0.4) is 0 Å². The second kappa shape index (κ2) is 5.52. The van der Waals surface area contributed by atoms with E-state index in [9.17, 15) is 8.78 Å². The van der Waals surface area contributed by atoms with E-state index in [1.807, 2.05) is 24.3 Å². The number of halogens is 2. The zero-order chi connectivity index (χ0) is 14.8. The molecule has 0 atom stereocenters. The lowest BCUT2D eigenvalue weighted by Crippen LogP contribution is -1.97. The van der Waals surface area contributed by atoms with E-state index in [1.165, 1.54) is 5.56 Å². The quantitative estimate of drug-likeness (QED) is 0.788. The number of nitrogens with zero attached hydrogens (tertiary/aromatic N) is 1. The summed E-state index contributed by atoms with van der Waals surface area (Å²) in [5.74, 6) is -0.551. The van der Waals surface area contributed by atoms with Crippen LogP contribution in [0.4, 0.5) is 8.78 Å². The van der Waals surface area contributed by atoms with Crippen molar-refractivity contribution in [2.75, 3.05) is 0 Å². The SMILES string of the molecule is CCc1ccc(OCc2nc3cc(F)c(F)cc3[nH]2)cc1. The first-order chi connectivity index (χ1) is 10.2. The predicted molar refractivity (Wildman–Crippen MR) is 76.2 cm³/mol. The van der Waals surface area contributed by atoms with Crippen molar-refractivity contribution < 1.29 is 13.5 Å². The lowest BCUT2D eigenvalue weighted by molar-refractivity contribution is 0.297. The van der Waals surface area contributed by atoms with E-state index >= 15 is 0 Å². The standard InChI is InChI=1S/C16H14F2N2O/c1-2-10-3-5-11(6-4-10)21-9-16-19-14-7-12(17)13(18)8-15(14)20-16/h3-8H,2,9H2,1H3,(H,19,20). The Morgan fingerprint density at radius 2 is 1.81 bits per heavy atom. The predicted octanol–water partition coefficient (Wildman–Crippen LogP) is 3.98. The van der Waals surface area contributed by atoms with Gasteiger partial charge in [0, 0.05) is 12.1 Å². The number of aryl methyl sites for hydroxylation is 1. The Kier molecular flexibility index (Phi) is 3.56. The van der Waals surface area contributed by atoms with Crippen LogP contribution in [0.15, 0.2) is 36.4 Å². The average Bonchev–Trinajstić information content (AvgIpc) is 2.88. The molecule has 1 aromatic heterocycles. The largest absolute Gasteiger partial charge is 0.486 e. The maximum atomic E-state index is 13.1. The molecule has 0 aliphatic heterocycles. The molecule has 0 aliphatic carbocycles. The van der Waals surface area contributed by atoms with Gasteiger partial charge in [-0.2, -0.15) is 0 Å². The van der Waals surface area contributed by atoms with Crippen LogP contribution in [0.2, 0.25) is 0 Å². The van der Waals surface area contributed by atoms with Crippen LogP contribution in [-0.2, 0) is 13.0 Å². The number of nitrogens with one attached hydrogen (secondary N) is 1. The van der Waals surface area contributed by atoms with E-state index in [2.05, 4.69) is 16.9 Å². The van der Waals surface area contributed by atoms with Crippen molar-refractivity contribution in [1.82, 2.24) is 9.97 Å². The van der Waals surface area contributed by atoms with Gasteiger partial charge in [0.2, 0.25) is 0 Å². The average molecular weight is 288 g/mol. The highest BCUT2D eigenvalue weighted by Crippen LogP contribution is 2.18. The summed E-state index contributed by atoms with van der Waals surface area (Å²) >= 11 is 0. The molecule has 108 valence electrons. The van der Waals surface area contributed by atoms with Gasteiger partial charge in [0.05, 0.1) is 11.0 Å². The minimum Gasteiger partial charge on any atom is -0.486 e. The third-order valence-electron chi connectivity index (χ3n) is 3.28. The molecule has 21 heavy (non-hydrogen) atoms. The third kappa shape index (κ3) is 2.86. The molecule has 1 heterocycles. The van der Waals surface area contributed by atoms with Crippen molar-refractivity contribution in [3.63, 3.8) is 0 Å². The zero-order valence-electron chi connectivity index (χ0n) is 11.5. The third-order valence-corrected chi connectivity index (χ3v) is 3.28. The summed E-state index contributed by atoms with van der Waals surface area (Å²) in [5.41, 5.74) is 2.07. The van der Waals surface area contributed by atoms with Crippen LogP contribution < -0.4 is 4.74 Å². The van der Waals surface area contributed by atoms with Crippen LogP contribution in [0, 0.1) is 11.6 Å². The molecule has 0 bridgehead atoms. The molecule has 0 saturated heterocycles. The number of aromatic amines is 1. The van der Waals surface area contributed by atoms with Crippen LogP contribution in [0.25, 0.3) is 11.0 Å². The smallest absolute Gasteiger partial charge is 0.161 e. The summed E-state index contributed by atoms with van der Waals surface area (Å²) in [6, 6.07) is 9.94. The second-order valence-electron chi connectivity index (χ2n) is 4.75. The van der Waals surface area contributed by atoms with E-state index in [-0.39, 0.29) is 6.61 Å². The number of fused-ring (bicyclic) bond motifs is 1. The summed E-state index contributed by atoms with van der Waals surface area (Å²) < 4.78 is 31.8. The fraction of sp³-hybridized carbons (Fsp3) is 0.188. The number of hydrogen-bond acceptors (Lipinski definition) is 2. The number of hydrogen-bond donors (Lipinski definition) is 1. The van der Waals surface area contributed by atoms with Crippen molar-refractivity contribution in [1.29, 1.82) is 0 Å². The van der Waals surface area contributed by atoms with Crippen molar-refractivity contribution in [2.24, 2.45) is 0 Å². The van der Waals surface area contributed by atoms with Gasteiger partial charge in [0.15, 0.2) is 11.6 Å². The Bertz CT molecular complexity index is 727. The minimum atomic E-state index is -0.906. The number of ether oxygens (including phenoxy) is 1. The molecule has 1 N–H and O–H groups in total. The normalized spacial score (nSPS) is 11.0. The summed E-state index contributed by atoms with van der Waals surface area (Å²) in [6.07, 6.45) is 0.973. The van der Waals surface area contributed by atoms with Crippen molar-refractivity contribution in [2.45, 2.75) is 20.0 Å². The summed E-state index contributed by atoms with van der Waals surface area (Å²) in [7, 11) is 0. The first-order valence-electron chi connectivity index (χ1n) is 6.71. The molecule has 0 amide bonds. The Hall–Kier alpha value is -2.43. The lowest BCUT2D eigenvalue weighted by Gasteiger charge is -2.04. The Labute approximate surface area is 120 Å². The highest BCUT2D eigenvalue weighted by atomic mass is 19.2. The fourth-order valence-electron chi connectivity index (χ4n) is 2.10. The van der Waals surface area contributed by atoms with Gasteiger partial charge in [-0.15, -0.1) is 0 Å². The lowest BCUT2D eigenvalue weighted by atomic mass is 10.2. The van der Waals surface area contributed by atoms with Gasteiger partial charge in [-0.3, -0.25) is 0 Å². The summed E-state index contributed by atoms with van der Waals surface area (Å²) in [6.45, 7) is 2.30. The molecule has 3 nitrogen and oxygen atoms in total. The molecular weight excluding hydrogens is 274 g/mol. The Balaban J connectivity index is 1.75. The monoisotopic (exact) mass is 288 g/mol. The molecule has 0 radical (unpaired) electrons. The van der Waals surface area contributed by atoms with Crippen LogP contribution in [-0.4, -0.2) is 9.97 Å². The number of benzene rings is 2. The summed E-state index contributed by atoms with van der Waals surface area (Å²) in [4.78, 5) is 7.09. The van der Waals surface area contributed by atoms with Crippen LogP contribution in [0.1, 0.15) is 18.3 Å². The zero-order valence-corrected chi connectivity index (χ0v) is 11.5. The van der Waals surface area contributed by atoms with Gasteiger partial charge in [-0.25, -0.2) is 13.8 Å². The van der Waals surface area contributed by atoms with Gasteiger partial charge in [0.25, 0.3) is 0 Å². The molecule has 2 aromatic carbocycles. The topological polar surface area (TPSA) is 37.9 Å². The molecule has 5 heteroatoms. The second-order valence-corrected chi connectivity index (χ2v) is 4.75. The first-order valence-corrected chi connectivity index (χ1v) is 6.71. The van der Waals surface area contributed by atoms with Crippen molar-refractivity contribution in [3.05, 3.63) is 59.4 Å². The molecule has 0 saturated carbocycles. The minimum absolute atomic E-state index is 0.212. The van der Waals surface area contributed by atoms with Crippen LogP contribution >= 0.6 is 0 Å². The molecule has 0 spiro atoms. The van der Waals surface area contributed by atoms with Gasteiger partial charge in [-0.1, -0.05) is 19.1 Å². The van der Waals surface area contributed by atoms with E-state index in [1.54, 1.807) is 0 Å². The Morgan fingerprint density at radius 3 is 2.52 bits per heavy atom. The highest BCUT2D eigenvalue weighted by molar-refractivity contribution is 5.75. The number of rotatable bonds is 4. The van der Waals surface area contributed by atoms with Crippen molar-refractivity contribution in [3.8, 4) is 5.75 Å². The highest BCUT2D eigenvalue weighted by Gasteiger charge is 2.09. The number of H-pyrrole nitrogens is 1. The molecular formula is C16H14F2N2O. The van der Waals surface area contributed by atoms with Crippen LogP contribution in [0.5, 0.6) is 5.75 Å². The molecule has 0 fully saturated rings. The van der Waals surface area contributed by atoms with E-state index in [4.69, 9.17) is 4.74 Å². The fourth-order valence-corrected chi connectivity index (χ4v) is 2.10. The molecule has 0 unspecified atom stereocenters. The molecule has 0 aliphatic rings. The number of imidazole rings is 1. The van der Waals surface area contributed by atoms with Gasteiger partial charge < -0.3 is 9.72 Å². The number of aromatic nitrogens is 2. The maximum absolute atomic E-state index is 13.1. The van der Waals surface area contributed by atoms with E-state index in [0.29, 0.717) is 16.9 Å². The maximum Gasteiger partial charge on any atom is 0.161 e. The van der Waals surface area contributed by atoms with E-state index in [0.717, 1.165) is 24.3 Å². The molecule has 3 rings (SSSR count). The van der Waals surface area contributed by atoms with Gasteiger partial charge in [-0.05, 0) is 24.1 Å². The Morgan fingerprint density at radius 1 is 1.10 bits per heavy atom. The first kappa shape index (κ1) is 13.5. The van der Waals surface area contributed by atoms with E-state index < -0.39 is 11.6 Å². The summed E-state index contributed by atoms with van der Waals surface area (Å²) in [5, 5.41) is 0.